The number of hydrogen-bond acceptors (Lipinski definition) is 8. The minimum atomic E-state index is -0.174. The van der Waals surface area contributed by atoms with Crippen molar-refractivity contribution in [1.29, 1.82) is 0 Å². The number of amides is 1. The number of nitrogens with zero attached hydrogens (tertiary/aromatic N) is 2. The maximum atomic E-state index is 12.4. The van der Waals surface area contributed by atoms with Crippen LogP contribution in [0.1, 0.15) is 10.7 Å². The van der Waals surface area contributed by atoms with E-state index in [1.165, 1.54) is 22.7 Å². The molecule has 2 aromatic heterocycles. The summed E-state index contributed by atoms with van der Waals surface area (Å²) < 4.78 is 16.4. The second kappa shape index (κ2) is 9.15. The van der Waals surface area contributed by atoms with Crippen LogP contribution in [0.3, 0.4) is 0 Å². The summed E-state index contributed by atoms with van der Waals surface area (Å²) >= 11 is 8.69. The minimum absolute atomic E-state index is 0.163. The van der Waals surface area contributed by atoms with Gasteiger partial charge in [0.25, 0.3) is 0 Å². The zero-order chi connectivity index (χ0) is 21.9. The predicted octanol–water partition coefficient (Wildman–Crippen LogP) is 5.41. The van der Waals surface area contributed by atoms with E-state index in [0.29, 0.717) is 34.0 Å². The van der Waals surface area contributed by atoms with Gasteiger partial charge >= 0.3 is 0 Å². The van der Waals surface area contributed by atoms with Crippen LogP contribution in [0.2, 0.25) is 5.02 Å². The molecule has 10 heteroatoms. The number of nitrogens with one attached hydrogen (secondary N) is 1. The Kier molecular flexibility index (Phi) is 5.93. The molecule has 5 rings (SSSR count). The molecule has 1 aliphatic heterocycles. The maximum Gasteiger partial charge on any atom is 0.232 e. The molecule has 0 atom stereocenters. The van der Waals surface area contributed by atoms with Gasteiger partial charge in [0.15, 0.2) is 16.6 Å². The zero-order valence-electron chi connectivity index (χ0n) is 16.5. The van der Waals surface area contributed by atoms with Gasteiger partial charge in [0.2, 0.25) is 12.7 Å². The molecule has 4 aromatic rings. The van der Waals surface area contributed by atoms with E-state index in [1.807, 2.05) is 29.0 Å². The average Bonchev–Trinajstić information content (AvgIpc) is 3.54. The van der Waals surface area contributed by atoms with E-state index in [9.17, 15) is 4.79 Å². The number of anilines is 1. The standard InChI is InChI=1S/C22H16ClN3O4S2/c23-14-2-4-16(5-3-14)28-9-21-24-15(10-31-21)8-20(27)26-22-25-17(11-32-22)13-1-6-18-19(7-13)30-12-29-18/h1-7,10-11H,8-9,12H2,(H,25,26,27). The SMILES string of the molecule is O=C(Cc1csc(COc2ccc(Cl)cc2)n1)Nc1nc(-c2ccc3c(c2)OCO3)cs1. The first-order valence-corrected chi connectivity index (χ1v) is 11.7. The van der Waals surface area contributed by atoms with Gasteiger partial charge < -0.3 is 19.5 Å². The Morgan fingerprint density at radius 2 is 1.91 bits per heavy atom. The number of aromatic nitrogens is 2. The molecule has 2 aromatic carbocycles. The Bertz CT molecular complexity index is 1260. The molecule has 162 valence electrons. The van der Waals surface area contributed by atoms with Gasteiger partial charge in [-0.05, 0) is 42.5 Å². The summed E-state index contributed by atoms with van der Waals surface area (Å²) in [5, 5.41) is 8.57. The first-order valence-electron chi connectivity index (χ1n) is 9.59. The Balaban J connectivity index is 1.16. The number of carbonyl (C=O) groups excluding carboxylic acids is 1. The lowest BCUT2D eigenvalue weighted by Gasteiger charge is -2.03. The maximum absolute atomic E-state index is 12.4. The van der Waals surface area contributed by atoms with Crippen molar-refractivity contribution in [2.24, 2.45) is 0 Å². The summed E-state index contributed by atoms with van der Waals surface area (Å²) in [6.07, 6.45) is 0.163. The zero-order valence-corrected chi connectivity index (χ0v) is 18.9. The Labute approximate surface area is 196 Å². The molecule has 7 nitrogen and oxygen atoms in total. The lowest BCUT2D eigenvalue weighted by atomic mass is 10.1. The highest BCUT2D eigenvalue weighted by molar-refractivity contribution is 7.14. The molecular weight excluding hydrogens is 470 g/mol. The Morgan fingerprint density at radius 1 is 1.06 bits per heavy atom. The highest BCUT2D eigenvalue weighted by Crippen LogP contribution is 2.36. The molecule has 3 heterocycles. The number of benzene rings is 2. The molecule has 0 bridgehead atoms. The van der Waals surface area contributed by atoms with Gasteiger partial charge in [0, 0.05) is 21.3 Å². The highest BCUT2D eigenvalue weighted by atomic mass is 35.5. The molecule has 32 heavy (non-hydrogen) atoms. The lowest BCUT2D eigenvalue weighted by molar-refractivity contribution is -0.115. The summed E-state index contributed by atoms with van der Waals surface area (Å²) in [5.74, 6) is 1.96. The minimum Gasteiger partial charge on any atom is -0.486 e. The highest BCUT2D eigenvalue weighted by Gasteiger charge is 2.16. The fourth-order valence-corrected chi connectivity index (χ4v) is 4.59. The first-order chi connectivity index (χ1) is 15.6. The lowest BCUT2D eigenvalue weighted by Crippen LogP contribution is -2.14. The second-order valence-electron chi connectivity index (χ2n) is 6.81. The second-order valence-corrected chi connectivity index (χ2v) is 9.04. The summed E-state index contributed by atoms with van der Waals surface area (Å²) in [7, 11) is 0. The topological polar surface area (TPSA) is 82.6 Å². The summed E-state index contributed by atoms with van der Waals surface area (Å²) in [6, 6.07) is 12.8. The van der Waals surface area contributed by atoms with E-state index in [4.69, 9.17) is 25.8 Å². The average molecular weight is 486 g/mol. The van der Waals surface area contributed by atoms with Crippen LogP contribution >= 0.6 is 34.3 Å². The molecule has 0 saturated heterocycles. The smallest absolute Gasteiger partial charge is 0.232 e. The molecule has 0 fully saturated rings. The van der Waals surface area contributed by atoms with Crippen LogP contribution in [0, 0.1) is 0 Å². The number of thiazole rings is 2. The van der Waals surface area contributed by atoms with Crippen LogP contribution in [0.5, 0.6) is 17.2 Å². The number of fused-ring (bicyclic) bond motifs is 1. The van der Waals surface area contributed by atoms with Crippen molar-refractivity contribution in [3.63, 3.8) is 0 Å². The summed E-state index contributed by atoms with van der Waals surface area (Å²) in [5.41, 5.74) is 2.35. The van der Waals surface area contributed by atoms with E-state index in [2.05, 4.69) is 15.3 Å². The van der Waals surface area contributed by atoms with Gasteiger partial charge in [-0.1, -0.05) is 11.6 Å². The third kappa shape index (κ3) is 4.85. The molecule has 1 amide bonds. The van der Waals surface area contributed by atoms with Gasteiger partial charge in [-0.2, -0.15) is 0 Å². The van der Waals surface area contributed by atoms with Crippen LogP contribution in [0.25, 0.3) is 11.3 Å². The summed E-state index contributed by atoms with van der Waals surface area (Å²) in [6.45, 7) is 0.558. The largest absolute Gasteiger partial charge is 0.486 e. The van der Waals surface area contributed by atoms with E-state index in [1.54, 1.807) is 24.3 Å². The van der Waals surface area contributed by atoms with Crippen molar-refractivity contribution in [2.45, 2.75) is 13.0 Å². The first kappa shape index (κ1) is 20.7. The number of rotatable bonds is 7. The number of halogens is 1. The molecule has 0 radical (unpaired) electrons. The van der Waals surface area contributed by atoms with E-state index in [0.717, 1.165) is 22.0 Å². The normalized spacial score (nSPS) is 12.0. The fraction of sp³-hybridized carbons (Fsp3) is 0.136. The monoisotopic (exact) mass is 485 g/mol. The van der Waals surface area contributed by atoms with Gasteiger partial charge in [0.1, 0.15) is 17.4 Å². The number of ether oxygens (including phenoxy) is 3. The molecule has 1 N–H and O–H groups in total. The van der Waals surface area contributed by atoms with Gasteiger partial charge in [0.05, 0.1) is 17.8 Å². The predicted molar refractivity (Wildman–Crippen MR) is 124 cm³/mol. The number of carbonyl (C=O) groups is 1. The van der Waals surface area contributed by atoms with Crippen molar-refractivity contribution in [1.82, 2.24) is 9.97 Å². The van der Waals surface area contributed by atoms with Crippen LogP contribution in [-0.2, 0) is 17.8 Å². The van der Waals surface area contributed by atoms with Crippen molar-refractivity contribution in [3.8, 4) is 28.5 Å². The van der Waals surface area contributed by atoms with Crippen molar-refractivity contribution in [2.75, 3.05) is 12.1 Å². The molecule has 0 spiro atoms. The van der Waals surface area contributed by atoms with E-state index >= 15 is 0 Å². The van der Waals surface area contributed by atoms with Crippen molar-refractivity contribution >= 4 is 45.3 Å². The van der Waals surface area contributed by atoms with Crippen LogP contribution in [0.4, 0.5) is 5.13 Å². The van der Waals surface area contributed by atoms with Gasteiger partial charge in [-0.3, -0.25) is 4.79 Å². The van der Waals surface area contributed by atoms with Crippen molar-refractivity contribution in [3.05, 3.63) is 68.9 Å². The fourth-order valence-electron chi connectivity index (χ4n) is 3.02. The van der Waals surface area contributed by atoms with Crippen LogP contribution in [0.15, 0.2) is 53.2 Å². The quantitative estimate of drug-likeness (QED) is 0.377. The van der Waals surface area contributed by atoms with Crippen LogP contribution < -0.4 is 19.5 Å². The third-order valence-corrected chi connectivity index (χ3v) is 6.42. The van der Waals surface area contributed by atoms with E-state index < -0.39 is 0 Å². The molecule has 0 unspecified atom stereocenters. The molecule has 0 aliphatic carbocycles. The van der Waals surface area contributed by atoms with Gasteiger partial charge in [-0.25, -0.2) is 9.97 Å². The Morgan fingerprint density at radius 3 is 2.78 bits per heavy atom. The third-order valence-electron chi connectivity index (χ3n) is 4.54. The van der Waals surface area contributed by atoms with Gasteiger partial charge in [-0.15, -0.1) is 22.7 Å². The van der Waals surface area contributed by atoms with Crippen molar-refractivity contribution < 1.29 is 19.0 Å². The molecular formula is C22H16ClN3O4S2. The van der Waals surface area contributed by atoms with E-state index in [-0.39, 0.29) is 19.1 Å². The Hall–Kier alpha value is -3.14. The van der Waals surface area contributed by atoms with Crippen LogP contribution in [-0.4, -0.2) is 22.7 Å². The summed E-state index contributed by atoms with van der Waals surface area (Å²) in [4.78, 5) is 21.4. The molecule has 0 saturated carbocycles. The molecule has 1 aliphatic rings. The number of hydrogen-bond donors (Lipinski definition) is 1.